The van der Waals surface area contributed by atoms with Crippen LogP contribution in [0, 0.1) is 11.3 Å². The molecule has 0 saturated carbocycles. The molecule has 1 aromatic heterocycles. The summed E-state index contributed by atoms with van der Waals surface area (Å²) in [6.07, 6.45) is -5.08. The molecule has 11 heteroatoms. The van der Waals surface area contributed by atoms with E-state index in [-0.39, 0.29) is 0 Å². The predicted molar refractivity (Wildman–Crippen MR) is 53.1 cm³/mol. The first-order valence-electron chi connectivity index (χ1n) is 3.95. The second kappa shape index (κ2) is 4.51. The Labute approximate surface area is 103 Å². The molecule has 0 radical (unpaired) electrons. The fraction of sp³-hybridized carbons (Fsp3) is 0.143. The Balaban J connectivity index is 3.47. The van der Waals surface area contributed by atoms with E-state index in [1.54, 1.807) is 0 Å². The van der Waals surface area contributed by atoms with Gasteiger partial charge in [-0.2, -0.15) is 10.2 Å². The molecule has 0 aliphatic rings. The first-order chi connectivity index (χ1) is 8.04. The summed E-state index contributed by atoms with van der Waals surface area (Å²) in [5.74, 6) is -1.86. The van der Waals surface area contributed by atoms with Crippen molar-refractivity contribution in [2.45, 2.75) is 11.3 Å². The Bertz CT molecular complexity index is 623. The van der Waals surface area contributed by atoms with Crippen LogP contribution in [-0.4, -0.2) is 19.8 Å². The summed E-state index contributed by atoms with van der Waals surface area (Å²) >= 11 is 0. The highest BCUT2D eigenvalue weighted by atomic mass is 35.7. The lowest BCUT2D eigenvalue weighted by Crippen LogP contribution is -2.19. The Morgan fingerprint density at radius 2 is 2.06 bits per heavy atom. The van der Waals surface area contributed by atoms with E-state index in [2.05, 4.69) is 9.72 Å². The Morgan fingerprint density at radius 1 is 1.50 bits per heavy atom. The van der Waals surface area contributed by atoms with Crippen LogP contribution in [0.3, 0.4) is 0 Å². The normalized spacial score (nSPS) is 11.9. The van der Waals surface area contributed by atoms with Gasteiger partial charge in [0.1, 0.15) is 22.3 Å². The SMILES string of the molecule is N#Cc1c(S(=O)(=O)Cl)cc(OC(F)(F)F)nc1N. The van der Waals surface area contributed by atoms with Crippen LogP contribution in [0.5, 0.6) is 5.88 Å². The van der Waals surface area contributed by atoms with E-state index in [9.17, 15) is 21.6 Å². The molecule has 18 heavy (non-hydrogen) atoms. The molecule has 0 aliphatic heterocycles. The van der Waals surface area contributed by atoms with E-state index in [0.717, 1.165) is 0 Å². The molecule has 0 saturated heterocycles. The van der Waals surface area contributed by atoms with Crippen molar-refractivity contribution in [3.05, 3.63) is 11.6 Å². The molecule has 0 amide bonds. The van der Waals surface area contributed by atoms with Gasteiger partial charge in [-0.1, -0.05) is 0 Å². The zero-order valence-electron chi connectivity index (χ0n) is 8.19. The quantitative estimate of drug-likeness (QED) is 0.827. The van der Waals surface area contributed by atoms with Crippen LogP contribution in [0.15, 0.2) is 11.0 Å². The average Bonchev–Trinajstić information content (AvgIpc) is 2.12. The summed E-state index contributed by atoms with van der Waals surface area (Å²) in [4.78, 5) is 2.19. The number of hydrogen-bond donors (Lipinski definition) is 1. The molecule has 98 valence electrons. The molecule has 1 heterocycles. The molecule has 0 bridgehead atoms. The number of nitrogens with two attached hydrogens (primary N) is 1. The Hall–Kier alpha value is -1.73. The third-order valence-corrected chi connectivity index (χ3v) is 2.93. The zero-order chi connectivity index (χ0) is 14.1. The van der Waals surface area contributed by atoms with Crippen molar-refractivity contribution in [3.8, 4) is 11.9 Å². The number of alkyl halides is 3. The summed E-state index contributed by atoms with van der Waals surface area (Å²) in [5, 5.41) is 8.63. The summed E-state index contributed by atoms with van der Waals surface area (Å²) in [7, 11) is 0.495. The first kappa shape index (κ1) is 14.3. The van der Waals surface area contributed by atoms with Gasteiger partial charge >= 0.3 is 6.36 Å². The predicted octanol–water partition coefficient (Wildman–Crippen LogP) is 1.36. The summed E-state index contributed by atoms with van der Waals surface area (Å²) < 4.78 is 61.3. The maximum Gasteiger partial charge on any atom is 0.574 e. The summed E-state index contributed by atoms with van der Waals surface area (Å²) in [6, 6.07) is 1.74. The van der Waals surface area contributed by atoms with Crippen LogP contribution >= 0.6 is 10.7 Å². The lowest BCUT2D eigenvalue weighted by molar-refractivity contribution is -0.276. The fourth-order valence-electron chi connectivity index (χ4n) is 0.993. The Kier molecular flexibility index (Phi) is 3.59. The van der Waals surface area contributed by atoms with Crippen molar-refractivity contribution in [1.29, 1.82) is 5.26 Å². The lowest BCUT2D eigenvalue weighted by Gasteiger charge is -2.10. The highest BCUT2D eigenvalue weighted by Crippen LogP contribution is 2.29. The van der Waals surface area contributed by atoms with Gasteiger partial charge in [0.05, 0.1) is 0 Å². The highest BCUT2D eigenvalue weighted by molar-refractivity contribution is 8.13. The van der Waals surface area contributed by atoms with Crippen LogP contribution < -0.4 is 10.5 Å². The van der Waals surface area contributed by atoms with Gasteiger partial charge in [-0.3, -0.25) is 0 Å². The van der Waals surface area contributed by atoms with Gasteiger partial charge in [-0.15, -0.1) is 13.2 Å². The van der Waals surface area contributed by atoms with Gasteiger partial charge in [0.2, 0.25) is 5.88 Å². The van der Waals surface area contributed by atoms with Crippen molar-refractivity contribution >= 4 is 25.6 Å². The molecular formula is C7H3ClF3N3O3S. The third-order valence-electron chi connectivity index (χ3n) is 1.58. The fourth-order valence-corrected chi connectivity index (χ4v) is 1.99. The number of hydrogen-bond acceptors (Lipinski definition) is 6. The first-order valence-corrected chi connectivity index (χ1v) is 6.26. The summed E-state index contributed by atoms with van der Waals surface area (Å²) in [6.45, 7) is 0. The van der Waals surface area contributed by atoms with Crippen LogP contribution in [-0.2, 0) is 9.05 Å². The number of anilines is 1. The molecule has 0 spiro atoms. The number of nitrogens with zero attached hydrogens (tertiary/aromatic N) is 2. The molecule has 0 atom stereocenters. The highest BCUT2D eigenvalue weighted by Gasteiger charge is 2.33. The smallest absolute Gasteiger partial charge is 0.388 e. The maximum absolute atomic E-state index is 11.9. The molecule has 0 unspecified atom stereocenters. The van der Waals surface area contributed by atoms with Crippen molar-refractivity contribution in [2.24, 2.45) is 0 Å². The zero-order valence-corrected chi connectivity index (χ0v) is 9.77. The van der Waals surface area contributed by atoms with E-state index >= 15 is 0 Å². The van der Waals surface area contributed by atoms with Gasteiger partial charge in [0, 0.05) is 16.7 Å². The number of rotatable bonds is 2. The lowest BCUT2D eigenvalue weighted by atomic mass is 10.3. The molecular weight excluding hydrogens is 299 g/mol. The monoisotopic (exact) mass is 301 g/mol. The largest absolute Gasteiger partial charge is 0.574 e. The van der Waals surface area contributed by atoms with Gasteiger partial charge in [0.15, 0.2) is 0 Å². The number of nitriles is 1. The summed E-state index contributed by atoms with van der Waals surface area (Å²) in [5.41, 5.74) is 4.49. The second-order valence-electron chi connectivity index (χ2n) is 2.82. The second-order valence-corrected chi connectivity index (χ2v) is 5.35. The molecule has 6 nitrogen and oxygen atoms in total. The number of nitrogen functional groups attached to an aromatic ring is 1. The topological polar surface area (TPSA) is 106 Å². The number of ether oxygens (including phenoxy) is 1. The average molecular weight is 302 g/mol. The van der Waals surface area contributed by atoms with Gasteiger partial charge in [0.25, 0.3) is 9.05 Å². The molecule has 1 aromatic rings. The molecule has 1 rings (SSSR count). The standard InChI is InChI=1S/C7H3ClF3N3O3S/c8-18(15,16)4-1-5(17-7(9,10)11)14-6(13)3(4)2-12/h1H,(H2,13,14). The minimum Gasteiger partial charge on any atom is -0.388 e. The number of pyridine rings is 1. The van der Waals surface area contributed by atoms with Crippen molar-refractivity contribution in [1.82, 2.24) is 4.98 Å². The van der Waals surface area contributed by atoms with Crippen LogP contribution in [0.25, 0.3) is 0 Å². The van der Waals surface area contributed by atoms with E-state index in [1.807, 2.05) is 0 Å². The third kappa shape index (κ3) is 3.38. The van der Waals surface area contributed by atoms with Gasteiger partial charge in [-0.25, -0.2) is 8.42 Å². The minimum atomic E-state index is -5.08. The van der Waals surface area contributed by atoms with Crippen molar-refractivity contribution in [3.63, 3.8) is 0 Å². The van der Waals surface area contributed by atoms with Gasteiger partial charge in [-0.05, 0) is 0 Å². The van der Waals surface area contributed by atoms with Crippen LogP contribution in [0.4, 0.5) is 19.0 Å². The van der Waals surface area contributed by atoms with E-state index in [4.69, 9.17) is 21.7 Å². The molecule has 2 N–H and O–H groups in total. The van der Waals surface area contributed by atoms with Gasteiger partial charge < -0.3 is 10.5 Å². The number of halogens is 4. The molecule has 0 aromatic carbocycles. The van der Waals surface area contributed by atoms with E-state index in [0.29, 0.717) is 6.07 Å². The van der Waals surface area contributed by atoms with Crippen molar-refractivity contribution in [2.75, 3.05) is 5.73 Å². The maximum atomic E-state index is 11.9. The van der Waals surface area contributed by atoms with Crippen LogP contribution in [0.1, 0.15) is 5.56 Å². The molecule has 0 aliphatic carbocycles. The minimum absolute atomic E-state index is 0.366. The van der Waals surface area contributed by atoms with E-state index in [1.165, 1.54) is 6.07 Å². The van der Waals surface area contributed by atoms with E-state index < -0.39 is 37.6 Å². The van der Waals surface area contributed by atoms with Crippen LogP contribution in [0.2, 0.25) is 0 Å². The number of aromatic nitrogens is 1. The Morgan fingerprint density at radius 3 is 2.44 bits per heavy atom. The molecule has 0 fully saturated rings. The van der Waals surface area contributed by atoms with Crippen molar-refractivity contribution < 1.29 is 26.3 Å².